The number of halogens is 1. The first-order chi connectivity index (χ1) is 11.6. The van der Waals surface area contributed by atoms with Crippen molar-refractivity contribution >= 4 is 27.3 Å². The van der Waals surface area contributed by atoms with Gasteiger partial charge in [-0.05, 0) is 56.2 Å². The number of amides is 1. The van der Waals surface area contributed by atoms with E-state index in [4.69, 9.17) is 0 Å². The van der Waals surface area contributed by atoms with Crippen molar-refractivity contribution in [1.29, 1.82) is 0 Å². The van der Waals surface area contributed by atoms with Crippen LogP contribution in [0.4, 0.5) is 15.8 Å². The van der Waals surface area contributed by atoms with Crippen LogP contribution in [-0.2, 0) is 14.8 Å². The van der Waals surface area contributed by atoms with Gasteiger partial charge in [0.1, 0.15) is 11.9 Å². The van der Waals surface area contributed by atoms with Crippen LogP contribution < -0.4 is 9.62 Å². The average molecular weight is 364 g/mol. The molecule has 1 atom stereocenters. The van der Waals surface area contributed by atoms with Crippen molar-refractivity contribution in [2.24, 2.45) is 0 Å². The van der Waals surface area contributed by atoms with Crippen LogP contribution in [0, 0.1) is 19.7 Å². The molecule has 1 N–H and O–H groups in total. The molecule has 0 aromatic heterocycles. The van der Waals surface area contributed by atoms with Crippen molar-refractivity contribution in [3.63, 3.8) is 0 Å². The molecule has 0 heterocycles. The Balaban J connectivity index is 2.35. The van der Waals surface area contributed by atoms with E-state index in [-0.39, 0.29) is 5.69 Å². The zero-order chi connectivity index (χ0) is 18.8. The third-order valence-corrected chi connectivity index (χ3v) is 4.90. The summed E-state index contributed by atoms with van der Waals surface area (Å²) in [5.41, 5.74) is 2.35. The lowest BCUT2D eigenvalue weighted by molar-refractivity contribution is -0.116. The number of para-hydroxylation sites is 1. The highest BCUT2D eigenvalue weighted by Crippen LogP contribution is 2.25. The van der Waals surface area contributed by atoms with Crippen LogP contribution in [0.1, 0.15) is 18.1 Å². The van der Waals surface area contributed by atoms with Crippen LogP contribution in [0.5, 0.6) is 0 Å². The second-order valence-electron chi connectivity index (χ2n) is 6.05. The van der Waals surface area contributed by atoms with Gasteiger partial charge < -0.3 is 5.32 Å². The Morgan fingerprint density at radius 1 is 1.12 bits per heavy atom. The van der Waals surface area contributed by atoms with E-state index < -0.39 is 27.8 Å². The smallest absolute Gasteiger partial charge is 0.247 e. The van der Waals surface area contributed by atoms with Crippen molar-refractivity contribution in [3.05, 3.63) is 59.4 Å². The van der Waals surface area contributed by atoms with Crippen molar-refractivity contribution in [1.82, 2.24) is 0 Å². The van der Waals surface area contributed by atoms with Crippen molar-refractivity contribution in [2.45, 2.75) is 26.8 Å². The summed E-state index contributed by atoms with van der Waals surface area (Å²) in [6.07, 6.45) is 0.944. The van der Waals surface area contributed by atoms with E-state index in [0.29, 0.717) is 5.69 Å². The first-order valence-electron chi connectivity index (χ1n) is 7.72. The Morgan fingerprint density at radius 2 is 1.68 bits per heavy atom. The fourth-order valence-corrected chi connectivity index (χ4v) is 3.88. The molecular formula is C18H21FN2O3S. The second-order valence-corrected chi connectivity index (χ2v) is 7.91. The van der Waals surface area contributed by atoms with Crippen LogP contribution in [0.2, 0.25) is 0 Å². The Labute approximate surface area is 147 Å². The number of benzene rings is 2. The number of hydrogen-bond acceptors (Lipinski definition) is 3. The maximum atomic E-state index is 14.1. The molecule has 2 aromatic carbocycles. The largest absolute Gasteiger partial charge is 0.324 e. The van der Waals surface area contributed by atoms with Crippen LogP contribution in [0.3, 0.4) is 0 Å². The summed E-state index contributed by atoms with van der Waals surface area (Å²) >= 11 is 0. The molecule has 0 fully saturated rings. The van der Waals surface area contributed by atoms with Crippen LogP contribution in [-0.4, -0.2) is 26.6 Å². The molecule has 0 spiro atoms. The predicted molar refractivity (Wildman–Crippen MR) is 97.7 cm³/mol. The molecule has 2 aromatic rings. The number of anilines is 2. The zero-order valence-electron chi connectivity index (χ0n) is 14.6. The number of nitrogens with zero attached hydrogens (tertiary/aromatic N) is 1. The molecule has 0 saturated heterocycles. The zero-order valence-corrected chi connectivity index (χ0v) is 15.4. The summed E-state index contributed by atoms with van der Waals surface area (Å²) in [5, 5.41) is 2.70. The SMILES string of the molecule is Cc1cc(C)cc(NC(=O)[C@H](C)N(c2ccccc2F)S(C)(=O)=O)c1. The average Bonchev–Trinajstić information content (AvgIpc) is 2.46. The van der Waals surface area contributed by atoms with E-state index in [1.54, 1.807) is 12.1 Å². The maximum absolute atomic E-state index is 14.1. The van der Waals surface area contributed by atoms with Gasteiger partial charge in [0, 0.05) is 5.69 Å². The fraction of sp³-hybridized carbons (Fsp3) is 0.278. The van der Waals surface area contributed by atoms with Gasteiger partial charge in [-0.3, -0.25) is 9.10 Å². The lowest BCUT2D eigenvalue weighted by Crippen LogP contribution is -2.45. The number of sulfonamides is 1. The number of nitrogens with one attached hydrogen (secondary N) is 1. The maximum Gasteiger partial charge on any atom is 0.247 e. The van der Waals surface area contributed by atoms with Crippen molar-refractivity contribution < 1.29 is 17.6 Å². The van der Waals surface area contributed by atoms with Crippen molar-refractivity contribution in [2.75, 3.05) is 15.9 Å². The molecule has 2 rings (SSSR count). The van der Waals surface area contributed by atoms with Gasteiger partial charge in [0.2, 0.25) is 15.9 Å². The number of carbonyl (C=O) groups excluding carboxylic acids is 1. The molecule has 1 amide bonds. The second kappa shape index (κ2) is 7.23. The van der Waals surface area contributed by atoms with Gasteiger partial charge in [0.25, 0.3) is 0 Å². The number of hydrogen-bond donors (Lipinski definition) is 1. The van der Waals surface area contributed by atoms with E-state index in [9.17, 15) is 17.6 Å². The van der Waals surface area contributed by atoms with E-state index in [1.165, 1.54) is 25.1 Å². The van der Waals surface area contributed by atoms with Crippen LogP contribution in [0.15, 0.2) is 42.5 Å². The molecule has 5 nitrogen and oxygen atoms in total. The molecule has 0 radical (unpaired) electrons. The van der Waals surface area contributed by atoms with Gasteiger partial charge in [-0.25, -0.2) is 12.8 Å². The lowest BCUT2D eigenvalue weighted by Gasteiger charge is -2.28. The molecule has 0 aliphatic carbocycles. The standard InChI is InChI=1S/C18H21FN2O3S/c1-12-9-13(2)11-15(10-12)20-18(22)14(3)21(25(4,23)24)17-8-6-5-7-16(17)19/h5-11,14H,1-4H3,(H,20,22)/t14-/m0/s1. The highest BCUT2D eigenvalue weighted by Gasteiger charge is 2.31. The summed E-state index contributed by atoms with van der Waals surface area (Å²) in [6.45, 7) is 5.22. The van der Waals surface area contributed by atoms with Gasteiger partial charge in [-0.2, -0.15) is 0 Å². The predicted octanol–water partition coefficient (Wildman–Crippen LogP) is 3.24. The molecule has 0 aliphatic rings. The Bertz CT molecular complexity index is 877. The van der Waals surface area contributed by atoms with Gasteiger partial charge in [0.15, 0.2) is 0 Å². The highest BCUT2D eigenvalue weighted by atomic mass is 32.2. The molecule has 0 bridgehead atoms. The summed E-state index contributed by atoms with van der Waals surface area (Å²) in [7, 11) is -3.86. The quantitative estimate of drug-likeness (QED) is 0.886. The molecule has 25 heavy (non-hydrogen) atoms. The van der Waals surface area contributed by atoms with E-state index in [2.05, 4.69) is 5.32 Å². The number of aryl methyl sites for hydroxylation is 2. The summed E-state index contributed by atoms with van der Waals surface area (Å²) < 4.78 is 39.2. The van der Waals surface area contributed by atoms with Crippen molar-refractivity contribution in [3.8, 4) is 0 Å². The monoisotopic (exact) mass is 364 g/mol. The van der Waals surface area contributed by atoms with E-state index >= 15 is 0 Å². The Kier molecular flexibility index (Phi) is 5.47. The third-order valence-electron chi connectivity index (χ3n) is 3.67. The summed E-state index contributed by atoms with van der Waals surface area (Å²) in [4.78, 5) is 12.6. The molecule has 7 heteroatoms. The summed E-state index contributed by atoms with van der Waals surface area (Å²) in [6, 6.07) is 9.87. The minimum atomic E-state index is -3.86. The normalized spacial score (nSPS) is 12.5. The van der Waals surface area contributed by atoms with Gasteiger partial charge in [-0.15, -0.1) is 0 Å². The molecule has 0 saturated carbocycles. The number of rotatable bonds is 5. The van der Waals surface area contributed by atoms with Crippen LogP contribution in [0.25, 0.3) is 0 Å². The third kappa shape index (κ3) is 4.57. The van der Waals surface area contributed by atoms with E-state index in [0.717, 1.165) is 27.8 Å². The molecular weight excluding hydrogens is 343 g/mol. The first kappa shape index (κ1) is 18.9. The number of carbonyl (C=O) groups is 1. The molecule has 134 valence electrons. The lowest BCUT2D eigenvalue weighted by atomic mass is 10.1. The minimum absolute atomic E-state index is 0.159. The first-order valence-corrected chi connectivity index (χ1v) is 9.57. The fourth-order valence-electron chi connectivity index (χ4n) is 2.70. The van der Waals surface area contributed by atoms with E-state index in [1.807, 2.05) is 19.9 Å². The Hall–Kier alpha value is -2.41. The topological polar surface area (TPSA) is 66.5 Å². The minimum Gasteiger partial charge on any atom is -0.324 e. The Morgan fingerprint density at radius 3 is 2.20 bits per heavy atom. The molecule has 0 unspecified atom stereocenters. The van der Waals surface area contributed by atoms with Crippen LogP contribution >= 0.6 is 0 Å². The summed E-state index contributed by atoms with van der Waals surface area (Å²) in [5.74, 6) is -1.25. The van der Waals surface area contributed by atoms with Gasteiger partial charge in [-0.1, -0.05) is 18.2 Å². The van der Waals surface area contributed by atoms with Gasteiger partial charge in [0.05, 0.1) is 11.9 Å². The van der Waals surface area contributed by atoms with Gasteiger partial charge >= 0.3 is 0 Å². The molecule has 0 aliphatic heterocycles. The highest BCUT2D eigenvalue weighted by molar-refractivity contribution is 7.92.